The number of pyridine rings is 1. The van der Waals surface area contributed by atoms with Crippen molar-refractivity contribution in [3.05, 3.63) is 24.0 Å². The number of H-pyrrole nitrogens is 1. The number of aromatic nitrogens is 3. The summed E-state index contributed by atoms with van der Waals surface area (Å²) in [4.78, 5) is 12.4. The van der Waals surface area contributed by atoms with Crippen molar-refractivity contribution in [1.29, 1.82) is 0 Å². The summed E-state index contributed by atoms with van der Waals surface area (Å²) in [6, 6.07) is 5.81. The topological polar surface area (TPSA) is 86.0 Å². The number of nitrogens with two attached hydrogens (primary N) is 1. The zero-order valence-corrected chi connectivity index (χ0v) is 14.4. The average molecular weight is 328 g/mol. The first-order chi connectivity index (χ1) is 11.6. The summed E-state index contributed by atoms with van der Waals surface area (Å²) in [7, 11) is 0. The second kappa shape index (κ2) is 7.05. The summed E-state index contributed by atoms with van der Waals surface area (Å²) in [6.07, 6.45) is 0.998. The minimum Gasteiger partial charge on any atom is -0.493 e. The Hall–Kier alpha value is -2.34. The van der Waals surface area contributed by atoms with Crippen LogP contribution in [0.25, 0.3) is 21.9 Å². The number of hydrogen-bond acceptors (Lipinski definition) is 5. The van der Waals surface area contributed by atoms with E-state index >= 15 is 0 Å². The fraction of sp³-hybridized carbons (Fsp3) is 0.444. The van der Waals surface area contributed by atoms with Crippen LogP contribution in [-0.4, -0.2) is 28.2 Å². The van der Waals surface area contributed by atoms with Crippen LogP contribution in [0.2, 0.25) is 0 Å². The highest BCUT2D eigenvalue weighted by Crippen LogP contribution is 2.33. The van der Waals surface area contributed by atoms with Crippen LogP contribution in [0.5, 0.6) is 5.75 Å². The van der Waals surface area contributed by atoms with Gasteiger partial charge in [0.25, 0.3) is 0 Å². The summed E-state index contributed by atoms with van der Waals surface area (Å²) >= 11 is 0. The molecule has 0 aliphatic heterocycles. The molecule has 2 aromatic heterocycles. The summed E-state index contributed by atoms with van der Waals surface area (Å²) in [5.41, 5.74) is 8.40. The molecule has 0 saturated carbocycles. The average Bonchev–Trinajstić information content (AvgIpc) is 2.97. The van der Waals surface area contributed by atoms with Gasteiger partial charge in [-0.3, -0.25) is 0 Å². The maximum atomic E-state index is 6.09. The maximum Gasteiger partial charge on any atom is 0.150 e. The van der Waals surface area contributed by atoms with Gasteiger partial charge in [0.15, 0.2) is 0 Å². The number of hydrogen-bond donors (Lipinski definition) is 2. The minimum atomic E-state index is 0.419. The third-order valence-corrected chi connectivity index (χ3v) is 3.89. The fourth-order valence-electron chi connectivity index (χ4n) is 2.62. The van der Waals surface area contributed by atoms with Crippen molar-refractivity contribution >= 4 is 27.8 Å². The molecule has 24 heavy (non-hydrogen) atoms. The number of ether oxygens (including phenoxy) is 2. The van der Waals surface area contributed by atoms with E-state index in [1.807, 2.05) is 25.1 Å². The summed E-state index contributed by atoms with van der Waals surface area (Å²) in [5, 5.41) is 0.893. The molecule has 3 N–H and O–H groups in total. The third kappa shape index (κ3) is 3.28. The molecule has 0 bridgehead atoms. The van der Waals surface area contributed by atoms with Crippen molar-refractivity contribution in [3.8, 4) is 5.75 Å². The van der Waals surface area contributed by atoms with Gasteiger partial charge in [0.1, 0.15) is 35.0 Å². The van der Waals surface area contributed by atoms with E-state index in [2.05, 4.69) is 28.8 Å². The monoisotopic (exact) mass is 328 g/mol. The number of nitrogens with zero attached hydrogens (tertiary/aromatic N) is 2. The van der Waals surface area contributed by atoms with Crippen LogP contribution in [-0.2, 0) is 11.3 Å². The molecule has 0 unspecified atom stereocenters. The minimum absolute atomic E-state index is 0.419. The smallest absolute Gasteiger partial charge is 0.150 e. The zero-order chi connectivity index (χ0) is 17.1. The van der Waals surface area contributed by atoms with Crippen molar-refractivity contribution < 1.29 is 9.47 Å². The van der Waals surface area contributed by atoms with Crippen LogP contribution in [0.1, 0.15) is 33.0 Å². The third-order valence-electron chi connectivity index (χ3n) is 3.89. The van der Waals surface area contributed by atoms with Crippen LogP contribution >= 0.6 is 0 Å². The standard InChI is InChI=1S/C18H24N4O2/c1-4-23-10-14-21-16-15-12(20-18(19)17(16)22-14)6-5-7-13(15)24-9-8-11(2)3/h5-7,11H,4,8-10H2,1-3H3,(H2,19,20)(H,21,22). The fourth-order valence-corrected chi connectivity index (χ4v) is 2.62. The van der Waals surface area contributed by atoms with E-state index in [0.29, 0.717) is 31.6 Å². The maximum absolute atomic E-state index is 6.09. The molecule has 3 aromatic rings. The highest BCUT2D eigenvalue weighted by Gasteiger charge is 2.15. The second-order valence-electron chi connectivity index (χ2n) is 6.22. The molecule has 6 heteroatoms. The molecule has 3 rings (SSSR count). The largest absolute Gasteiger partial charge is 0.493 e. The van der Waals surface area contributed by atoms with Gasteiger partial charge in [-0.1, -0.05) is 19.9 Å². The predicted molar refractivity (Wildman–Crippen MR) is 96.1 cm³/mol. The lowest BCUT2D eigenvalue weighted by Gasteiger charge is -2.11. The van der Waals surface area contributed by atoms with Crippen molar-refractivity contribution in [1.82, 2.24) is 15.0 Å². The van der Waals surface area contributed by atoms with Gasteiger partial charge in [-0.25, -0.2) is 9.97 Å². The Morgan fingerprint density at radius 3 is 2.83 bits per heavy atom. The molecule has 0 aliphatic rings. The van der Waals surface area contributed by atoms with Gasteiger partial charge in [-0.05, 0) is 31.4 Å². The molecule has 0 atom stereocenters. The second-order valence-corrected chi connectivity index (χ2v) is 6.22. The number of nitrogen functional groups attached to an aromatic ring is 1. The number of anilines is 1. The summed E-state index contributed by atoms with van der Waals surface area (Å²) in [5.74, 6) is 2.56. The molecule has 128 valence electrons. The number of fused-ring (bicyclic) bond motifs is 3. The van der Waals surface area contributed by atoms with E-state index in [1.54, 1.807) is 0 Å². The molecule has 6 nitrogen and oxygen atoms in total. The lowest BCUT2D eigenvalue weighted by Crippen LogP contribution is -2.02. The van der Waals surface area contributed by atoms with Gasteiger partial charge < -0.3 is 20.2 Å². The van der Waals surface area contributed by atoms with Crippen molar-refractivity contribution in [2.75, 3.05) is 18.9 Å². The van der Waals surface area contributed by atoms with E-state index < -0.39 is 0 Å². The van der Waals surface area contributed by atoms with Crippen molar-refractivity contribution in [2.24, 2.45) is 5.92 Å². The Bertz CT molecular complexity index is 842. The van der Waals surface area contributed by atoms with Crippen LogP contribution in [0.15, 0.2) is 18.2 Å². The lowest BCUT2D eigenvalue weighted by molar-refractivity contribution is 0.129. The molecule has 0 radical (unpaired) electrons. The van der Waals surface area contributed by atoms with E-state index in [9.17, 15) is 0 Å². The Labute approximate surface area is 141 Å². The summed E-state index contributed by atoms with van der Waals surface area (Å²) < 4.78 is 11.4. The Balaban J connectivity index is 2.07. The number of imidazole rings is 1. The molecule has 2 heterocycles. The Morgan fingerprint density at radius 2 is 2.08 bits per heavy atom. The summed E-state index contributed by atoms with van der Waals surface area (Å²) in [6.45, 7) is 8.03. The van der Waals surface area contributed by atoms with Gasteiger partial charge in [0, 0.05) is 6.61 Å². The number of aromatic amines is 1. The Morgan fingerprint density at radius 1 is 1.25 bits per heavy atom. The first kappa shape index (κ1) is 16.5. The van der Waals surface area contributed by atoms with E-state index in [-0.39, 0.29) is 0 Å². The van der Waals surface area contributed by atoms with Gasteiger partial charge >= 0.3 is 0 Å². The van der Waals surface area contributed by atoms with Crippen LogP contribution < -0.4 is 10.5 Å². The number of nitrogens with one attached hydrogen (secondary N) is 1. The van der Waals surface area contributed by atoms with Gasteiger partial charge in [0.2, 0.25) is 0 Å². The quantitative estimate of drug-likeness (QED) is 0.691. The SMILES string of the molecule is CCOCc1nc2c([nH]1)c(N)nc1cccc(OCCC(C)C)c12. The van der Waals surface area contributed by atoms with Gasteiger partial charge in [0.05, 0.1) is 17.5 Å². The van der Waals surface area contributed by atoms with Crippen molar-refractivity contribution in [3.63, 3.8) is 0 Å². The van der Waals surface area contributed by atoms with E-state index in [4.69, 9.17) is 15.2 Å². The molecule has 0 amide bonds. The molecule has 0 aliphatic carbocycles. The first-order valence-electron chi connectivity index (χ1n) is 8.37. The van der Waals surface area contributed by atoms with Crippen LogP contribution in [0.3, 0.4) is 0 Å². The number of rotatable bonds is 7. The molecule has 0 saturated heterocycles. The van der Waals surface area contributed by atoms with Gasteiger partial charge in [-0.2, -0.15) is 0 Å². The normalized spacial score (nSPS) is 11.7. The van der Waals surface area contributed by atoms with Crippen LogP contribution in [0, 0.1) is 5.92 Å². The molecule has 0 spiro atoms. The highest BCUT2D eigenvalue weighted by atomic mass is 16.5. The van der Waals surface area contributed by atoms with E-state index in [1.165, 1.54) is 0 Å². The first-order valence-corrected chi connectivity index (χ1v) is 8.37. The van der Waals surface area contributed by atoms with Crippen LogP contribution in [0.4, 0.5) is 5.82 Å². The number of benzene rings is 1. The zero-order valence-electron chi connectivity index (χ0n) is 14.4. The predicted octanol–water partition coefficient (Wildman–Crippen LogP) is 3.65. The molecule has 0 fully saturated rings. The van der Waals surface area contributed by atoms with Crippen molar-refractivity contribution in [2.45, 2.75) is 33.8 Å². The molecular weight excluding hydrogens is 304 g/mol. The lowest BCUT2D eigenvalue weighted by atomic mass is 10.1. The van der Waals surface area contributed by atoms with Gasteiger partial charge in [-0.15, -0.1) is 0 Å². The van der Waals surface area contributed by atoms with E-state index in [0.717, 1.165) is 39.9 Å². The Kier molecular flexibility index (Phi) is 4.85. The highest BCUT2D eigenvalue weighted by molar-refractivity contribution is 6.09. The molecule has 1 aromatic carbocycles. The molecular formula is C18H24N4O2.